The second-order valence-electron chi connectivity index (χ2n) is 7.98. The van der Waals surface area contributed by atoms with Crippen LogP contribution in [0.1, 0.15) is 59.8 Å². The van der Waals surface area contributed by atoms with E-state index in [1.807, 2.05) is 0 Å². The summed E-state index contributed by atoms with van der Waals surface area (Å²) >= 11 is 0. The Bertz CT molecular complexity index is 373. The minimum absolute atomic E-state index is 0.132. The molecule has 5 atom stereocenters. The Morgan fingerprint density at radius 1 is 1.11 bits per heavy atom. The molecule has 1 spiro atoms. The van der Waals surface area contributed by atoms with Gasteiger partial charge in [-0.15, -0.1) is 0 Å². The third-order valence-electron chi connectivity index (χ3n) is 5.95. The lowest BCUT2D eigenvalue weighted by molar-refractivity contribution is -0.190. The molecule has 4 aliphatic rings. The van der Waals surface area contributed by atoms with E-state index < -0.39 is 0 Å². The highest BCUT2D eigenvalue weighted by Gasteiger charge is 2.59. The summed E-state index contributed by atoms with van der Waals surface area (Å²) in [5, 5.41) is 0. The van der Waals surface area contributed by atoms with Crippen LogP contribution in [-0.2, 0) is 9.53 Å². The maximum Gasteiger partial charge on any atom is 0.312 e. The molecular weight excluding hydrogens is 224 g/mol. The van der Waals surface area contributed by atoms with Gasteiger partial charge in [0.05, 0.1) is 5.41 Å². The molecule has 4 rings (SSSR count). The molecule has 0 N–H and O–H groups in total. The first-order chi connectivity index (χ1) is 8.34. The van der Waals surface area contributed by atoms with E-state index >= 15 is 0 Å². The lowest BCUT2D eigenvalue weighted by atomic mass is 9.59. The van der Waals surface area contributed by atoms with Crippen molar-refractivity contribution < 1.29 is 9.53 Å². The third-order valence-corrected chi connectivity index (χ3v) is 5.95. The minimum Gasteiger partial charge on any atom is -0.462 e. The number of carbonyl (C=O) groups excluding carboxylic acids is 1. The standard InChI is InChI=1S/C16H26O2/c1-10-5-6-16-7-11(2)13(18-14(16)17)9-15(3,4)8-12(10)16/h10-13H,5-9H2,1-4H3/t10-,11-,12+,13+,16+/m1/s1. The maximum absolute atomic E-state index is 12.5. The van der Waals surface area contributed by atoms with Gasteiger partial charge in [0.1, 0.15) is 6.10 Å². The maximum atomic E-state index is 12.5. The average molecular weight is 250 g/mol. The smallest absolute Gasteiger partial charge is 0.312 e. The Hall–Kier alpha value is -0.530. The quantitative estimate of drug-likeness (QED) is 0.611. The molecule has 2 aliphatic heterocycles. The number of hydrogen-bond donors (Lipinski definition) is 0. The SMILES string of the molecule is C[C@@H]1C[C@@]23CC[C@@H](C)[C@@H]2CC(C)(C)C[C@@H]1OC3=O. The van der Waals surface area contributed by atoms with Crippen LogP contribution in [0.15, 0.2) is 0 Å². The first-order valence-corrected chi connectivity index (χ1v) is 7.55. The lowest BCUT2D eigenvalue weighted by Gasteiger charge is -2.50. The molecule has 0 amide bonds. The van der Waals surface area contributed by atoms with Crippen LogP contribution < -0.4 is 0 Å². The van der Waals surface area contributed by atoms with Gasteiger partial charge < -0.3 is 4.74 Å². The number of esters is 1. The summed E-state index contributed by atoms with van der Waals surface area (Å²) in [6, 6.07) is 0. The molecule has 0 unspecified atom stereocenters. The highest BCUT2D eigenvalue weighted by atomic mass is 16.5. The van der Waals surface area contributed by atoms with Crippen molar-refractivity contribution in [2.75, 3.05) is 0 Å². The molecule has 0 aromatic rings. The van der Waals surface area contributed by atoms with E-state index in [2.05, 4.69) is 27.7 Å². The molecule has 2 heteroatoms. The van der Waals surface area contributed by atoms with E-state index in [-0.39, 0.29) is 17.5 Å². The van der Waals surface area contributed by atoms with Crippen LogP contribution in [0.25, 0.3) is 0 Å². The van der Waals surface area contributed by atoms with Crippen LogP contribution >= 0.6 is 0 Å². The molecule has 2 heterocycles. The van der Waals surface area contributed by atoms with Crippen molar-refractivity contribution in [3.8, 4) is 0 Å². The summed E-state index contributed by atoms with van der Waals surface area (Å²) < 4.78 is 5.85. The predicted octanol–water partition coefficient (Wildman–Crippen LogP) is 3.79. The summed E-state index contributed by atoms with van der Waals surface area (Å²) in [7, 11) is 0. The first-order valence-electron chi connectivity index (χ1n) is 7.55. The topological polar surface area (TPSA) is 26.3 Å². The molecule has 2 saturated heterocycles. The average Bonchev–Trinajstić information content (AvgIpc) is 2.53. The minimum atomic E-state index is -0.132. The molecule has 2 bridgehead atoms. The van der Waals surface area contributed by atoms with Crippen LogP contribution in [0.3, 0.4) is 0 Å². The number of carbonyl (C=O) groups is 1. The van der Waals surface area contributed by atoms with Gasteiger partial charge in [-0.3, -0.25) is 4.79 Å². The van der Waals surface area contributed by atoms with Crippen LogP contribution in [0, 0.1) is 28.6 Å². The fourth-order valence-corrected chi connectivity index (χ4v) is 4.95. The van der Waals surface area contributed by atoms with E-state index in [0.717, 1.165) is 19.3 Å². The van der Waals surface area contributed by atoms with E-state index in [1.54, 1.807) is 0 Å². The van der Waals surface area contributed by atoms with Gasteiger partial charge in [-0.2, -0.15) is 0 Å². The molecule has 2 saturated carbocycles. The fourth-order valence-electron chi connectivity index (χ4n) is 4.95. The number of rotatable bonds is 0. The highest BCUT2D eigenvalue weighted by Crippen LogP contribution is 2.60. The van der Waals surface area contributed by atoms with E-state index in [1.165, 1.54) is 12.8 Å². The molecule has 0 aromatic heterocycles. The van der Waals surface area contributed by atoms with Gasteiger partial charge in [-0.25, -0.2) is 0 Å². The van der Waals surface area contributed by atoms with Crippen LogP contribution in [0.4, 0.5) is 0 Å². The number of hydrogen-bond acceptors (Lipinski definition) is 2. The van der Waals surface area contributed by atoms with Gasteiger partial charge in [0.25, 0.3) is 0 Å². The molecule has 0 radical (unpaired) electrons. The van der Waals surface area contributed by atoms with Crippen molar-refractivity contribution in [2.45, 2.75) is 65.9 Å². The lowest BCUT2D eigenvalue weighted by Crippen LogP contribution is -2.52. The van der Waals surface area contributed by atoms with Gasteiger partial charge in [-0.1, -0.05) is 27.7 Å². The Balaban J connectivity index is 2.04. The van der Waals surface area contributed by atoms with Gasteiger partial charge in [0.15, 0.2) is 0 Å². The van der Waals surface area contributed by atoms with E-state index in [4.69, 9.17) is 4.74 Å². The summed E-state index contributed by atoms with van der Waals surface area (Å²) in [4.78, 5) is 12.5. The highest BCUT2D eigenvalue weighted by molar-refractivity contribution is 5.79. The molecule has 2 nitrogen and oxygen atoms in total. The number of ether oxygens (including phenoxy) is 1. The largest absolute Gasteiger partial charge is 0.462 e. The fraction of sp³-hybridized carbons (Fsp3) is 0.938. The Labute approximate surface area is 110 Å². The van der Waals surface area contributed by atoms with Crippen molar-refractivity contribution >= 4 is 5.97 Å². The monoisotopic (exact) mass is 250 g/mol. The molecule has 18 heavy (non-hydrogen) atoms. The zero-order valence-electron chi connectivity index (χ0n) is 12.2. The van der Waals surface area contributed by atoms with Crippen LogP contribution in [0.5, 0.6) is 0 Å². The summed E-state index contributed by atoms with van der Waals surface area (Å²) in [6.45, 7) is 9.32. The zero-order valence-corrected chi connectivity index (χ0v) is 12.2. The summed E-state index contributed by atoms with van der Waals surface area (Å²) in [6.07, 6.45) is 5.74. The van der Waals surface area contributed by atoms with Crippen molar-refractivity contribution in [3.63, 3.8) is 0 Å². The Kier molecular flexibility index (Phi) is 2.60. The van der Waals surface area contributed by atoms with Crippen molar-refractivity contribution in [1.82, 2.24) is 0 Å². The normalized spacial score (nSPS) is 50.3. The van der Waals surface area contributed by atoms with Gasteiger partial charge in [0.2, 0.25) is 0 Å². The molecule has 4 fully saturated rings. The second kappa shape index (κ2) is 3.74. The first kappa shape index (κ1) is 12.5. The van der Waals surface area contributed by atoms with E-state index in [0.29, 0.717) is 23.2 Å². The van der Waals surface area contributed by atoms with Gasteiger partial charge in [-0.05, 0) is 55.3 Å². The van der Waals surface area contributed by atoms with Gasteiger partial charge in [0, 0.05) is 0 Å². The van der Waals surface area contributed by atoms with Crippen molar-refractivity contribution in [2.24, 2.45) is 28.6 Å². The van der Waals surface area contributed by atoms with Gasteiger partial charge >= 0.3 is 5.97 Å². The molecule has 102 valence electrons. The van der Waals surface area contributed by atoms with Crippen LogP contribution in [-0.4, -0.2) is 12.1 Å². The van der Waals surface area contributed by atoms with Crippen molar-refractivity contribution in [1.29, 1.82) is 0 Å². The zero-order chi connectivity index (χ0) is 13.1. The van der Waals surface area contributed by atoms with E-state index in [9.17, 15) is 4.79 Å². The Morgan fingerprint density at radius 3 is 2.56 bits per heavy atom. The van der Waals surface area contributed by atoms with Crippen molar-refractivity contribution in [3.05, 3.63) is 0 Å². The molecule has 2 aliphatic carbocycles. The Morgan fingerprint density at radius 2 is 1.83 bits per heavy atom. The molecular formula is C16H26O2. The number of fused-ring (bicyclic) bond motifs is 4. The third kappa shape index (κ3) is 1.64. The molecule has 0 aromatic carbocycles. The summed E-state index contributed by atoms with van der Waals surface area (Å²) in [5.41, 5.74) is 0.182. The predicted molar refractivity (Wildman–Crippen MR) is 71.0 cm³/mol. The second-order valence-corrected chi connectivity index (χ2v) is 7.98. The van der Waals surface area contributed by atoms with Crippen LogP contribution in [0.2, 0.25) is 0 Å². The summed E-state index contributed by atoms with van der Waals surface area (Å²) in [5.74, 6) is 1.90.